The third-order valence-corrected chi connectivity index (χ3v) is 12.7. The third-order valence-electron chi connectivity index (χ3n) is 12.7. The van der Waals surface area contributed by atoms with Crippen LogP contribution < -0.4 is 20.7 Å². The van der Waals surface area contributed by atoms with Crippen LogP contribution in [0.3, 0.4) is 0 Å². The van der Waals surface area contributed by atoms with Crippen molar-refractivity contribution in [1.29, 1.82) is 0 Å². The fourth-order valence-corrected chi connectivity index (χ4v) is 10.1. The van der Waals surface area contributed by atoms with Crippen LogP contribution in [-0.4, -0.2) is 104 Å². The zero-order valence-corrected chi connectivity index (χ0v) is 36.2. The Balaban J connectivity index is 1.45. The minimum atomic E-state index is -1.99. The monoisotopic (exact) mass is 883 g/mol. The molecular formula is C50H53N5O10. The maximum Gasteiger partial charge on any atom is 0.421 e. The molecule has 0 radical (unpaired) electrons. The fourth-order valence-electron chi connectivity index (χ4n) is 10.1. The summed E-state index contributed by atoms with van der Waals surface area (Å²) >= 11 is 0. The van der Waals surface area contributed by atoms with E-state index in [0.717, 1.165) is 42.6 Å². The van der Waals surface area contributed by atoms with E-state index < -0.39 is 65.5 Å². The maximum atomic E-state index is 16.4. The Morgan fingerprint density at radius 3 is 2.17 bits per heavy atom. The summed E-state index contributed by atoms with van der Waals surface area (Å²) in [6.45, 7) is 0.471. The van der Waals surface area contributed by atoms with Crippen molar-refractivity contribution in [3.8, 4) is 17.6 Å². The molecule has 3 fully saturated rings. The number of aliphatic hydroxyl groups excluding tert-OH is 1. The highest BCUT2D eigenvalue weighted by molar-refractivity contribution is 6.23. The van der Waals surface area contributed by atoms with Gasteiger partial charge in [0, 0.05) is 25.8 Å². The summed E-state index contributed by atoms with van der Waals surface area (Å²) in [5.41, 5.74) is 6.22. The van der Waals surface area contributed by atoms with E-state index in [1.165, 1.54) is 7.11 Å². The summed E-state index contributed by atoms with van der Waals surface area (Å²) in [6, 6.07) is 26.9. The molecule has 6 atom stereocenters. The number of ether oxygens (including phenoxy) is 4. The number of esters is 1. The van der Waals surface area contributed by atoms with Crippen LogP contribution >= 0.6 is 0 Å². The molecule has 15 heteroatoms. The van der Waals surface area contributed by atoms with E-state index in [1.54, 1.807) is 47.4 Å². The maximum absolute atomic E-state index is 16.4. The molecule has 4 aromatic rings. The number of likely N-dealkylation sites (tertiary alicyclic amines) is 1. The molecule has 4 aliphatic rings. The van der Waals surface area contributed by atoms with Crippen molar-refractivity contribution in [3.05, 3.63) is 131 Å². The first-order valence-corrected chi connectivity index (χ1v) is 22.1. The highest BCUT2D eigenvalue weighted by Gasteiger charge is 2.76. The Kier molecular flexibility index (Phi) is 13.8. The molecule has 338 valence electrons. The lowest BCUT2D eigenvalue weighted by Gasteiger charge is -2.46. The van der Waals surface area contributed by atoms with Gasteiger partial charge in [0.05, 0.1) is 43.4 Å². The van der Waals surface area contributed by atoms with Gasteiger partial charge < -0.3 is 40.0 Å². The molecule has 3 saturated heterocycles. The van der Waals surface area contributed by atoms with Gasteiger partial charge in [-0.05, 0) is 65.4 Å². The molecule has 1 spiro atoms. The van der Waals surface area contributed by atoms with Gasteiger partial charge in [-0.1, -0.05) is 104 Å². The van der Waals surface area contributed by atoms with Crippen molar-refractivity contribution >= 4 is 35.6 Å². The highest BCUT2D eigenvalue weighted by atomic mass is 16.6. The number of rotatable bonds is 11. The van der Waals surface area contributed by atoms with E-state index in [2.05, 4.69) is 17.2 Å². The summed E-state index contributed by atoms with van der Waals surface area (Å²) in [7, 11) is 1.46. The van der Waals surface area contributed by atoms with Crippen LogP contribution in [0.15, 0.2) is 103 Å². The number of aliphatic hydroxyl groups is 1. The van der Waals surface area contributed by atoms with Crippen LogP contribution in [0.4, 0.5) is 15.3 Å². The average molecular weight is 884 g/mol. The number of hydrogen-bond donors (Lipinski definition) is 3. The van der Waals surface area contributed by atoms with E-state index in [-0.39, 0.29) is 38.7 Å². The van der Waals surface area contributed by atoms with Gasteiger partial charge in [-0.2, -0.15) is 0 Å². The molecule has 4 aliphatic heterocycles. The van der Waals surface area contributed by atoms with Crippen molar-refractivity contribution in [3.63, 3.8) is 0 Å². The third kappa shape index (κ3) is 8.64. The Morgan fingerprint density at radius 1 is 0.831 bits per heavy atom. The first-order valence-electron chi connectivity index (χ1n) is 22.1. The van der Waals surface area contributed by atoms with Gasteiger partial charge in [-0.25, -0.2) is 14.5 Å². The number of anilines is 1. The van der Waals surface area contributed by atoms with Crippen LogP contribution in [0, 0.1) is 17.8 Å². The lowest BCUT2D eigenvalue weighted by atomic mass is 9.64. The van der Waals surface area contributed by atoms with Gasteiger partial charge in [0.1, 0.15) is 36.5 Å². The Labute approximate surface area is 377 Å². The van der Waals surface area contributed by atoms with E-state index >= 15 is 14.4 Å². The number of methoxy groups -OCH3 is 1. The van der Waals surface area contributed by atoms with Crippen molar-refractivity contribution in [1.82, 2.24) is 15.1 Å². The highest BCUT2D eigenvalue weighted by Crippen LogP contribution is 2.66. The normalized spacial score (nSPS) is 23.9. The summed E-state index contributed by atoms with van der Waals surface area (Å²) in [5, 5.41) is 12.0. The lowest BCUT2D eigenvalue weighted by Crippen LogP contribution is -2.56. The second-order valence-corrected chi connectivity index (χ2v) is 16.5. The van der Waals surface area contributed by atoms with Gasteiger partial charge in [-0.15, -0.1) is 0 Å². The molecular weight excluding hydrogens is 831 g/mol. The standard InChI is InChI=1S/C50H53N5O10/c1-62-30-31-64-49(61)54-39-24-19-33(14-13-25-52-48(51)60)32-38(39)50(47(54)59)40(45(57)53-26-11-3-2-4-12-27-53)42-46(58)65-43(35-17-9-6-10-18-35)41(34-15-7-5-8-16-34)55(42)44(50)36-20-22-37(23-21-36)63-29-28-56/h5-10,15-24,32,40-44,56H,2-4,11-12,25-31H2,1H3,(H3,51,52,60). The zero-order chi connectivity index (χ0) is 45.5. The van der Waals surface area contributed by atoms with Crippen LogP contribution in [0.5, 0.6) is 5.75 Å². The van der Waals surface area contributed by atoms with E-state index in [9.17, 15) is 14.7 Å². The molecule has 5 amide bonds. The minimum absolute atomic E-state index is 0.0405. The SMILES string of the molecule is COCCOC(=O)N1C(=O)C2(c3cc(C#CCNC(N)=O)ccc31)C(C(=O)N1CCCCCCC1)C1C(=O)OC(c3ccccc3)C(c3ccccc3)N1C2c1ccc(OCCO)cc1. The molecule has 8 rings (SSSR count). The number of morpholine rings is 1. The van der Waals surface area contributed by atoms with E-state index in [1.807, 2.05) is 65.6 Å². The molecule has 15 nitrogen and oxygen atoms in total. The Morgan fingerprint density at radius 2 is 1.51 bits per heavy atom. The lowest BCUT2D eigenvalue weighted by molar-refractivity contribution is -0.179. The summed E-state index contributed by atoms with van der Waals surface area (Å²) in [4.78, 5) is 78.5. The minimum Gasteiger partial charge on any atom is -0.491 e. The predicted octanol–water partition coefficient (Wildman–Crippen LogP) is 5.32. The first kappa shape index (κ1) is 44.9. The number of nitrogens with zero attached hydrogens (tertiary/aromatic N) is 3. The van der Waals surface area contributed by atoms with Gasteiger partial charge in [-0.3, -0.25) is 19.3 Å². The molecule has 6 unspecified atom stereocenters. The second-order valence-electron chi connectivity index (χ2n) is 16.5. The van der Waals surface area contributed by atoms with Crippen LogP contribution in [0.25, 0.3) is 0 Å². The first-order chi connectivity index (χ1) is 31.7. The summed E-state index contributed by atoms with van der Waals surface area (Å²) < 4.78 is 23.3. The van der Waals surface area contributed by atoms with Crippen LogP contribution in [-0.2, 0) is 34.0 Å². The number of fused-ring (bicyclic) bond motifs is 3. The Hall–Kier alpha value is -6.73. The number of benzene rings is 4. The van der Waals surface area contributed by atoms with Gasteiger partial charge in [0.15, 0.2) is 0 Å². The second kappa shape index (κ2) is 20.0. The summed E-state index contributed by atoms with van der Waals surface area (Å²) in [5.74, 6) is 3.11. The number of primary amides is 1. The fraction of sp³-hybridized carbons (Fsp3) is 0.380. The average Bonchev–Trinajstić information content (AvgIpc) is 3.76. The molecule has 4 N–H and O–H groups in total. The number of urea groups is 1. The molecule has 65 heavy (non-hydrogen) atoms. The molecule has 0 aliphatic carbocycles. The van der Waals surface area contributed by atoms with Crippen molar-refractivity contribution in [2.45, 2.75) is 61.7 Å². The number of hydrogen-bond acceptors (Lipinski definition) is 11. The predicted molar refractivity (Wildman–Crippen MR) is 238 cm³/mol. The number of carbonyl (C=O) groups is 5. The van der Waals surface area contributed by atoms with Crippen LogP contribution in [0.2, 0.25) is 0 Å². The van der Waals surface area contributed by atoms with Crippen molar-refractivity contribution in [2.24, 2.45) is 11.7 Å². The van der Waals surface area contributed by atoms with Gasteiger partial charge in [0.25, 0.3) is 0 Å². The largest absolute Gasteiger partial charge is 0.491 e. The molecule has 4 heterocycles. The topological polar surface area (TPSA) is 190 Å². The number of amides is 5. The molecule has 0 aromatic heterocycles. The molecule has 0 bridgehead atoms. The number of nitrogens with two attached hydrogens (primary N) is 1. The van der Waals surface area contributed by atoms with Crippen LogP contribution in [0.1, 0.15) is 78.1 Å². The Bertz CT molecular complexity index is 2430. The number of imide groups is 1. The van der Waals surface area contributed by atoms with E-state index in [0.29, 0.717) is 41.1 Å². The van der Waals surface area contributed by atoms with E-state index in [4.69, 9.17) is 24.7 Å². The van der Waals surface area contributed by atoms with Gasteiger partial charge in [0.2, 0.25) is 11.8 Å². The van der Waals surface area contributed by atoms with Crippen molar-refractivity contribution in [2.75, 3.05) is 58.1 Å². The van der Waals surface area contributed by atoms with Gasteiger partial charge >= 0.3 is 18.1 Å². The number of cyclic esters (lactones) is 1. The summed E-state index contributed by atoms with van der Waals surface area (Å²) in [6.07, 6.45) is 2.44. The number of nitrogens with one attached hydrogen (secondary N) is 1. The molecule has 4 aromatic carbocycles. The quantitative estimate of drug-likeness (QED) is 0.100. The van der Waals surface area contributed by atoms with Crippen molar-refractivity contribution < 1.29 is 48.0 Å². The number of carbonyl (C=O) groups excluding carboxylic acids is 5. The zero-order valence-electron chi connectivity index (χ0n) is 36.2. The smallest absolute Gasteiger partial charge is 0.421 e. The molecule has 0 saturated carbocycles.